The molecule has 21 heavy (non-hydrogen) atoms. The molecule has 2 rings (SSSR count). The minimum absolute atomic E-state index is 0.0820. The van der Waals surface area contributed by atoms with Gasteiger partial charge in [-0.05, 0) is 45.4 Å². The lowest BCUT2D eigenvalue weighted by Gasteiger charge is -2.49. The fraction of sp³-hybridized carbons (Fsp3) is 1.00. The zero-order valence-corrected chi connectivity index (χ0v) is 15.0. The smallest absolute Gasteiger partial charge is 0.0710 e. The van der Waals surface area contributed by atoms with Crippen LogP contribution in [0.2, 0.25) is 0 Å². The third-order valence-corrected chi connectivity index (χ3v) is 5.78. The Hall–Kier alpha value is -0.120. The van der Waals surface area contributed by atoms with Gasteiger partial charge in [0.2, 0.25) is 0 Å². The SMILES string of the molecule is CCC1(CC)CN(CC2CCC(C)(C)O2)C(C(C)C)CN1. The van der Waals surface area contributed by atoms with E-state index in [1.807, 2.05) is 0 Å². The van der Waals surface area contributed by atoms with Crippen LogP contribution >= 0.6 is 0 Å². The van der Waals surface area contributed by atoms with Crippen molar-refractivity contribution >= 4 is 0 Å². The third-order valence-electron chi connectivity index (χ3n) is 5.78. The van der Waals surface area contributed by atoms with Gasteiger partial charge < -0.3 is 10.1 Å². The van der Waals surface area contributed by atoms with Crippen molar-refractivity contribution in [2.75, 3.05) is 19.6 Å². The molecule has 0 aliphatic carbocycles. The van der Waals surface area contributed by atoms with Gasteiger partial charge in [-0.1, -0.05) is 27.7 Å². The zero-order valence-electron chi connectivity index (χ0n) is 15.0. The van der Waals surface area contributed by atoms with E-state index in [1.54, 1.807) is 0 Å². The first-order valence-electron chi connectivity index (χ1n) is 8.98. The molecule has 3 heteroatoms. The Morgan fingerprint density at radius 3 is 2.38 bits per heavy atom. The average molecular weight is 296 g/mol. The summed E-state index contributed by atoms with van der Waals surface area (Å²) < 4.78 is 6.25. The number of piperazine rings is 1. The third kappa shape index (κ3) is 4.00. The van der Waals surface area contributed by atoms with Gasteiger partial charge in [-0.3, -0.25) is 4.90 Å². The van der Waals surface area contributed by atoms with Crippen molar-refractivity contribution in [3.8, 4) is 0 Å². The predicted octanol–water partition coefficient (Wildman–Crippen LogP) is 3.43. The molecule has 0 aromatic rings. The van der Waals surface area contributed by atoms with E-state index < -0.39 is 0 Å². The van der Waals surface area contributed by atoms with Crippen LogP contribution in [0.1, 0.15) is 67.2 Å². The average Bonchev–Trinajstić information content (AvgIpc) is 2.77. The van der Waals surface area contributed by atoms with Gasteiger partial charge in [-0.2, -0.15) is 0 Å². The van der Waals surface area contributed by atoms with E-state index in [9.17, 15) is 0 Å². The molecule has 0 spiro atoms. The zero-order chi connectivity index (χ0) is 15.7. The molecule has 1 N–H and O–H groups in total. The molecule has 2 atom stereocenters. The van der Waals surface area contributed by atoms with Crippen LogP contribution in [-0.2, 0) is 4.74 Å². The molecular weight excluding hydrogens is 260 g/mol. The number of nitrogens with zero attached hydrogens (tertiary/aromatic N) is 1. The van der Waals surface area contributed by atoms with Crippen molar-refractivity contribution in [1.29, 1.82) is 0 Å². The van der Waals surface area contributed by atoms with Gasteiger partial charge in [-0.25, -0.2) is 0 Å². The molecule has 2 saturated heterocycles. The molecule has 0 saturated carbocycles. The second-order valence-electron chi connectivity index (χ2n) is 8.15. The Balaban J connectivity index is 2.04. The van der Waals surface area contributed by atoms with Gasteiger partial charge in [0, 0.05) is 31.2 Å². The summed E-state index contributed by atoms with van der Waals surface area (Å²) in [6, 6.07) is 0.642. The van der Waals surface area contributed by atoms with E-state index in [-0.39, 0.29) is 5.60 Å². The minimum Gasteiger partial charge on any atom is -0.371 e. The molecule has 0 bridgehead atoms. The quantitative estimate of drug-likeness (QED) is 0.841. The predicted molar refractivity (Wildman–Crippen MR) is 89.7 cm³/mol. The molecular formula is C18H36N2O. The first-order chi connectivity index (χ1) is 9.81. The summed E-state index contributed by atoms with van der Waals surface area (Å²) in [6.45, 7) is 17.2. The molecule has 0 radical (unpaired) electrons. The molecule has 2 fully saturated rings. The number of hydrogen-bond acceptors (Lipinski definition) is 3. The fourth-order valence-electron chi connectivity index (χ4n) is 4.06. The van der Waals surface area contributed by atoms with Crippen molar-refractivity contribution in [2.24, 2.45) is 5.92 Å². The molecule has 2 aliphatic heterocycles. The standard InChI is InChI=1S/C18H36N2O/c1-7-18(8-2)13-20(16(11-19-18)14(3)4)12-15-9-10-17(5,6)21-15/h14-16,19H,7-13H2,1-6H3. The first-order valence-corrected chi connectivity index (χ1v) is 8.98. The summed E-state index contributed by atoms with van der Waals surface area (Å²) in [5, 5.41) is 3.85. The van der Waals surface area contributed by atoms with Crippen LogP contribution < -0.4 is 5.32 Å². The molecule has 2 heterocycles. The lowest BCUT2D eigenvalue weighted by Crippen LogP contribution is -2.65. The van der Waals surface area contributed by atoms with Gasteiger partial charge in [0.05, 0.1) is 11.7 Å². The van der Waals surface area contributed by atoms with E-state index >= 15 is 0 Å². The molecule has 0 amide bonds. The number of rotatable bonds is 5. The van der Waals surface area contributed by atoms with Crippen LogP contribution in [0, 0.1) is 5.92 Å². The van der Waals surface area contributed by atoms with Gasteiger partial charge >= 0.3 is 0 Å². The van der Waals surface area contributed by atoms with E-state index in [4.69, 9.17) is 4.74 Å². The van der Waals surface area contributed by atoms with Crippen molar-refractivity contribution in [3.05, 3.63) is 0 Å². The lowest BCUT2D eigenvalue weighted by atomic mass is 9.86. The highest BCUT2D eigenvalue weighted by molar-refractivity contribution is 4.98. The maximum Gasteiger partial charge on any atom is 0.0710 e. The fourth-order valence-corrected chi connectivity index (χ4v) is 4.06. The number of ether oxygens (including phenoxy) is 1. The molecule has 0 aromatic heterocycles. The van der Waals surface area contributed by atoms with Gasteiger partial charge in [0.15, 0.2) is 0 Å². The molecule has 2 unspecified atom stereocenters. The van der Waals surface area contributed by atoms with Crippen LogP contribution in [0.5, 0.6) is 0 Å². The Bertz CT molecular complexity index is 336. The topological polar surface area (TPSA) is 24.5 Å². The normalized spacial score (nSPS) is 32.7. The highest BCUT2D eigenvalue weighted by Crippen LogP contribution is 2.32. The lowest BCUT2D eigenvalue weighted by molar-refractivity contribution is -0.0490. The second-order valence-corrected chi connectivity index (χ2v) is 8.15. The van der Waals surface area contributed by atoms with E-state index in [2.05, 4.69) is 51.8 Å². The Labute approximate surface area is 131 Å². The maximum atomic E-state index is 6.25. The van der Waals surface area contributed by atoms with Gasteiger partial charge in [0.1, 0.15) is 0 Å². The molecule has 2 aliphatic rings. The number of hydrogen-bond donors (Lipinski definition) is 1. The Morgan fingerprint density at radius 2 is 1.90 bits per heavy atom. The summed E-state index contributed by atoms with van der Waals surface area (Å²) in [5.41, 5.74) is 0.387. The van der Waals surface area contributed by atoms with Crippen LogP contribution in [0.15, 0.2) is 0 Å². The van der Waals surface area contributed by atoms with Crippen LogP contribution in [-0.4, -0.2) is 47.8 Å². The highest BCUT2D eigenvalue weighted by Gasteiger charge is 2.40. The van der Waals surface area contributed by atoms with E-state index in [0.717, 1.165) is 13.1 Å². The second kappa shape index (κ2) is 6.55. The Kier molecular flexibility index (Phi) is 5.38. The molecule has 124 valence electrons. The van der Waals surface area contributed by atoms with Crippen LogP contribution in [0.25, 0.3) is 0 Å². The van der Waals surface area contributed by atoms with Gasteiger partial charge in [0.25, 0.3) is 0 Å². The number of nitrogens with one attached hydrogen (secondary N) is 1. The van der Waals surface area contributed by atoms with Crippen molar-refractivity contribution in [1.82, 2.24) is 10.2 Å². The Morgan fingerprint density at radius 1 is 1.24 bits per heavy atom. The molecule has 3 nitrogen and oxygen atoms in total. The van der Waals surface area contributed by atoms with Crippen molar-refractivity contribution in [3.63, 3.8) is 0 Å². The van der Waals surface area contributed by atoms with Crippen molar-refractivity contribution in [2.45, 2.75) is 90.5 Å². The summed E-state index contributed by atoms with van der Waals surface area (Å²) in [5.74, 6) is 0.693. The summed E-state index contributed by atoms with van der Waals surface area (Å²) in [4.78, 5) is 2.72. The summed E-state index contributed by atoms with van der Waals surface area (Å²) in [7, 11) is 0. The first kappa shape index (κ1) is 17.2. The van der Waals surface area contributed by atoms with Crippen LogP contribution in [0.4, 0.5) is 0 Å². The maximum absolute atomic E-state index is 6.25. The molecule has 0 aromatic carbocycles. The highest BCUT2D eigenvalue weighted by atomic mass is 16.5. The minimum atomic E-state index is 0.0820. The van der Waals surface area contributed by atoms with Gasteiger partial charge in [-0.15, -0.1) is 0 Å². The summed E-state index contributed by atoms with van der Waals surface area (Å²) >= 11 is 0. The van der Waals surface area contributed by atoms with E-state index in [0.29, 0.717) is 23.6 Å². The largest absolute Gasteiger partial charge is 0.371 e. The monoisotopic (exact) mass is 296 g/mol. The van der Waals surface area contributed by atoms with Crippen molar-refractivity contribution < 1.29 is 4.74 Å². The summed E-state index contributed by atoms with van der Waals surface area (Å²) in [6.07, 6.45) is 5.25. The van der Waals surface area contributed by atoms with Crippen LogP contribution in [0.3, 0.4) is 0 Å². The van der Waals surface area contributed by atoms with E-state index in [1.165, 1.54) is 32.2 Å².